The third-order valence-electron chi connectivity index (χ3n) is 1.94. The van der Waals surface area contributed by atoms with Crippen LogP contribution in [0.25, 0.3) is 0 Å². The maximum Gasteiger partial charge on any atom is 0.120 e. The lowest BCUT2D eigenvalue weighted by atomic mass is 10.1. The summed E-state index contributed by atoms with van der Waals surface area (Å²) in [7, 11) is 0. The Morgan fingerprint density at radius 3 is 2.50 bits per heavy atom. The number of rotatable bonds is 3. The van der Waals surface area contributed by atoms with Crippen LogP contribution in [0, 0.1) is 6.92 Å². The van der Waals surface area contributed by atoms with E-state index in [0.717, 1.165) is 16.9 Å². The molecule has 0 aliphatic rings. The molecule has 3 heteroatoms. The Balaban J connectivity index is 2.91. The second-order valence-corrected chi connectivity index (χ2v) is 4.62. The van der Waals surface area contributed by atoms with Gasteiger partial charge in [0, 0.05) is 6.72 Å². The van der Waals surface area contributed by atoms with Crippen molar-refractivity contribution < 1.29 is 4.74 Å². The van der Waals surface area contributed by atoms with Crippen LogP contribution >= 0.6 is 0 Å². The van der Waals surface area contributed by atoms with E-state index in [1.807, 2.05) is 45.9 Å². The maximum atomic E-state index is 5.76. The smallest absolute Gasteiger partial charge is 0.120 e. The summed E-state index contributed by atoms with van der Waals surface area (Å²) in [5, 5.41) is 7.20. The minimum Gasteiger partial charge on any atom is -0.488 e. The fraction of sp³-hybridized carbons (Fsp3) is 0.385. The standard InChI is InChI=1S/C13H18N2O/c1-10-8-12(16-13(2,3)4)7-6-11(10)9-15-14-5/h6-9H,5H2,1-4H3/b15-9-. The third-order valence-corrected chi connectivity index (χ3v) is 1.94. The summed E-state index contributed by atoms with van der Waals surface area (Å²) >= 11 is 0. The van der Waals surface area contributed by atoms with Crippen molar-refractivity contribution in [3.63, 3.8) is 0 Å². The first-order valence-electron chi connectivity index (χ1n) is 5.21. The summed E-state index contributed by atoms with van der Waals surface area (Å²) in [6, 6.07) is 5.89. The van der Waals surface area contributed by atoms with Gasteiger partial charge in [-0.15, -0.1) is 0 Å². The van der Waals surface area contributed by atoms with Crippen molar-refractivity contribution in [2.24, 2.45) is 10.2 Å². The van der Waals surface area contributed by atoms with Gasteiger partial charge in [0.05, 0.1) is 6.21 Å². The SMILES string of the molecule is C=N/N=C\c1ccc(OC(C)(C)C)cc1C. The Morgan fingerprint density at radius 2 is 2.00 bits per heavy atom. The second-order valence-electron chi connectivity index (χ2n) is 4.62. The quantitative estimate of drug-likeness (QED) is 0.566. The van der Waals surface area contributed by atoms with E-state index in [2.05, 4.69) is 16.9 Å². The van der Waals surface area contributed by atoms with Gasteiger partial charge in [0.2, 0.25) is 0 Å². The van der Waals surface area contributed by atoms with Gasteiger partial charge >= 0.3 is 0 Å². The van der Waals surface area contributed by atoms with E-state index in [0.29, 0.717) is 0 Å². The van der Waals surface area contributed by atoms with E-state index in [-0.39, 0.29) is 5.60 Å². The molecule has 0 radical (unpaired) electrons. The van der Waals surface area contributed by atoms with Crippen molar-refractivity contribution in [1.29, 1.82) is 0 Å². The van der Waals surface area contributed by atoms with Crippen LogP contribution < -0.4 is 4.74 Å². The summed E-state index contributed by atoms with van der Waals surface area (Å²) in [5.74, 6) is 0.869. The molecule has 1 aromatic rings. The van der Waals surface area contributed by atoms with Crippen molar-refractivity contribution >= 4 is 12.9 Å². The highest BCUT2D eigenvalue weighted by molar-refractivity contribution is 5.81. The van der Waals surface area contributed by atoms with Gasteiger partial charge in [-0.1, -0.05) is 0 Å². The first-order valence-corrected chi connectivity index (χ1v) is 5.21. The van der Waals surface area contributed by atoms with E-state index in [4.69, 9.17) is 4.74 Å². The zero-order valence-corrected chi connectivity index (χ0v) is 10.3. The molecule has 0 aliphatic carbocycles. The van der Waals surface area contributed by atoms with E-state index >= 15 is 0 Å². The lowest BCUT2D eigenvalue weighted by Crippen LogP contribution is -2.22. The molecular weight excluding hydrogens is 200 g/mol. The molecule has 0 spiro atoms. The molecule has 16 heavy (non-hydrogen) atoms. The highest BCUT2D eigenvalue weighted by atomic mass is 16.5. The van der Waals surface area contributed by atoms with Crippen LogP contribution in [0.3, 0.4) is 0 Å². The maximum absolute atomic E-state index is 5.76. The lowest BCUT2D eigenvalue weighted by Gasteiger charge is -2.21. The Bertz CT molecular complexity index is 403. The molecule has 1 aromatic carbocycles. The molecule has 0 saturated heterocycles. The molecule has 1 rings (SSSR count). The van der Waals surface area contributed by atoms with Crippen LogP contribution in [0.2, 0.25) is 0 Å². The molecule has 0 amide bonds. The van der Waals surface area contributed by atoms with Gasteiger partial charge in [-0.25, -0.2) is 0 Å². The summed E-state index contributed by atoms with van der Waals surface area (Å²) in [6.45, 7) is 11.4. The molecule has 0 aromatic heterocycles. The van der Waals surface area contributed by atoms with E-state index in [9.17, 15) is 0 Å². The average Bonchev–Trinajstić information content (AvgIpc) is 2.14. The fourth-order valence-corrected chi connectivity index (χ4v) is 1.31. The molecule has 0 saturated carbocycles. The van der Waals surface area contributed by atoms with Crippen molar-refractivity contribution in [3.8, 4) is 5.75 Å². The molecule has 0 unspecified atom stereocenters. The molecule has 0 atom stereocenters. The normalized spacial score (nSPS) is 11.8. The summed E-state index contributed by atoms with van der Waals surface area (Å²) in [4.78, 5) is 0. The van der Waals surface area contributed by atoms with Crippen LogP contribution in [0.5, 0.6) is 5.75 Å². The van der Waals surface area contributed by atoms with Crippen molar-refractivity contribution in [1.82, 2.24) is 0 Å². The highest BCUT2D eigenvalue weighted by Crippen LogP contribution is 2.20. The van der Waals surface area contributed by atoms with E-state index in [1.54, 1.807) is 6.21 Å². The monoisotopic (exact) mass is 218 g/mol. The topological polar surface area (TPSA) is 34.0 Å². The first-order chi connectivity index (χ1) is 7.42. The Hall–Kier alpha value is -1.64. The molecule has 0 bridgehead atoms. The minimum atomic E-state index is -0.176. The van der Waals surface area contributed by atoms with Gasteiger partial charge in [0.15, 0.2) is 0 Å². The molecule has 3 nitrogen and oxygen atoms in total. The second kappa shape index (κ2) is 4.92. The van der Waals surface area contributed by atoms with Gasteiger partial charge in [0.25, 0.3) is 0 Å². The fourth-order valence-electron chi connectivity index (χ4n) is 1.31. The Morgan fingerprint density at radius 1 is 1.31 bits per heavy atom. The Kier molecular flexibility index (Phi) is 3.82. The largest absolute Gasteiger partial charge is 0.488 e. The summed E-state index contributed by atoms with van der Waals surface area (Å²) in [5.41, 5.74) is 1.95. The van der Waals surface area contributed by atoms with Crippen molar-refractivity contribution in [3.05, 3.63) is 29.3 Å². The minimum absolute atomic E-state index is 0.176. The van der Waals surface area contributed by atoms with E-state index in [1.165, 1.54) is 0 Å². The molecular formula is C13H18N2O. The molecule has 0 fully saturated rings. The van der Waals surface area contributed by atoms with Crippen LogP contribution in [0.4, 0.5) is 0 Å². The number of hydrogen-bond acceptors (Lipinski definition) is 3. The molecule has 0 heterocycles. The van der Waals surface area contributed by atoms with Gasteiger partial charge in [-0.3, -0.25) is 0 Å². The zero-order valence-electron chi connectivity index (χ0n) is 10.3. The van der Waals surface area contributed by atoms with Crippen LogP contribution in [-0.4, -0.2) is 18.5 Å². The number of nitrogens with zero attached hydrogens (tertiary/aromatic N) is 2. The molecule has 0 N–H and O–H groups in total. The van der Waals surface area contributed by atoms with E-state index < -0.39 is 0 Å². The molecule has 0 aliphatic heterocycles. The zero-order chi connectivity index (χ0) is 12.2. The van der Waals surface area contributed by atoms with Crippen LogP contribution in [-0.2, 0) is 0 Å². The highest BCUT2D eigenvalue weighted by Gasteiger charge is 2.11. The number of hydrogen-bond donors (Lipinski definition) is 0. The number of benzene rings is 1. The van der Waals surface area contributed by atoms with Crippen LogP contribution in [0.15, 0.2) is 28.4 Å². The Labute approximate surface area is 96.9 Å². The van der Waals surface area contributed by atoms with Crippen molar-refractivity contribution in [2.45, 2.75) is 33.3 Å². The van der Waals surface area contributed by atoms with Gasteiger partial charge in [0.1, 0.15) is 11.4 Å². The predicted molar refractivity (Wildman–Crippen MR) is 68.7 cm³/mol. The number of ether oxygens (including phenoxy) is 1. The first kappa shape index (κ1) is 12.4. The number of aryl methyl sites for hydroxylation is 1. The lowest BCUT2D eigenvalue weighted by molar-refractivity contribution is 0.131. The van der Waals surface area contributed by atoms with Gasteiger partial charge in [-0.2, -0.15) is 10.2 Å². The van der Waals surface area contributed by atoms with Gasteiger partial charge in [-0.05, 0) is 57.0 Å². The summed E-state index contributed by atoms with van der Waals surface area (Å²) in [6.07, 6.45) is 1.68. The summed E-state index contributed by atoms with van der Waals surface area (Å²) < 4.78 is 5.76. The van der Waals surface area contributed by atoms with Crippen LogP contribution in [0.1, 0.15) is 31.9 Å². The predicted octanol–water partition coefficient (Wildman–Crippen LogP) is 3.21. The van der Waals surface area contributed by atoms with Crippen molar-refractivity contribution in [2.75, 3.05) is 0 Å². The average molecular weight is 218 g/mol. The third kappa shape index (κ3) is 3.85. The molecule has 86 valence electrons. The van der Waals surface area contributed by atoms with Gasteiger partial charge < -0.3 is 4.74 Å².